The highest BCUT2D eigenvalue weighted by molar-refractivity contribution is 7.58. The third-order valence-corrected chi connectivity index (χ3v) is 3.40. The number of esters is 1. The van der Waals surface area contributed by atoms with Gasteiger partial charge in [0.15, 0.2) is 0 Å². The van der Waals surface area contributed by atoms with Crippen molar-refractivity contribution in [1.29, 1.82) is 0 Å². The minimum absolute atomic E-state index is 0.212. The maximum absolute atomic E-state index is 11.6. The number of allylic oxidation sites excluding steroid dienone is 1. The van der Waals surface area contributed by atoms with Gasteiger partial charge in [0.25, 0.3) is 0 Å². The Hall–Kier alpha value is -0.640. The Bertz CT molecular complexity index is 250. The van der Waals surface area contributed by atoms with Crippen molar-refractivity contribution in [1.82, 2.24) is 0 Å². The van der Waals surface area contributed by atoms with E-state index in [1.807, 2.05) is 0 Å². The van der Waals surface area contributed by atoms with Crippen molar-refractivity contribution < 1.29 is 23.1 Å². The van der Waals surface area contributed by atoms with Crippen LogP contribution in [0.25, 0.3) is 0 Å². The fourth-order valence-electron chi connectivity index (χ4n) is 0.671. The summed E-state index contributed by atoms with van der Waals surface area (Å²) in [6.45, 7) is 1.48. The topological polar surface area (TPSA) is 61.8 Å². The van der Waals surface area contributed by atoms with Gasteiger partial charge in [-0.25, -0.2) is 4.79 Å². The van der Waals surface area contributed by atoms with Gasteiger partial charge in [-0.2, -0.15) is 0 Å². The molecule has 0 rings (SSSR count). The fourth-order valence-corrected chi connectivity index (χ4v) is 1.66. The van der Waals surface area contributed by atoms with Gasteiger partial charge >= 0.3 is 13.6 Å². The lowest BCUT2D eigenvalue weighted by molar-refractivity contribution is -0.134. The Labute approximate surface area is 77.2 Å². The molecule has 0 radical (unpaired) electrons. The summed E-state index contributed by atoms with van der Waals surface area (Å²) in [4.78, 5) is 10.8. The second-order valence-corrected chi connectivity index (χ2v) is 4.60. The van der Waals surface area contributed by atoms with Gasteiger partial charge in [0, 0.05) is 25.6 Å². The summed E-state index contributed by atoms with van der Waals surface area (Å²) in [6, 6.07) is 0. The van der Waals surface area contributed by atoms with Gasteiger partial charge in [0.1, 0.15) is 0 Å². The summed E-state index contributed by atoms with van der Waals surface area (Å²) in [7, 11) is 0.452. The number of hydrogen-bond donors (Lipinski definition) is 0. The van der Waals surface area contributed by atoms with Crippen molar-refractivity contribution in [2.75, 3.05) is 21.3 Å². The molecule has 0 aliphatic rings. The van der Waals surface area contributed by atoms with Gasteiger partial charge in [-0.15, -0.1) is 0 Å². The largest absolute Gasteiger partial charge is 0.466 e. The van der Waals surface area contributed by atoms with Crippen LogP contribution in [0.2, 0.25) is 0 Å². The van der Waals surface area contributed by atoms with Crippen molar-refractivity contribution in [2.24, 2.45) is 0 Å². The maximum Gasteiger partial charge on any atom is 0.356 e. The normalized spacial score (nSPS) is 12.8. The molecule has 0 fully saturated rings. The van der Waals surface area contributed by atoms with Crippen LogP contribution >= 0.6 is 7.60 Å². The highest BCUT2D eigenvalue weighted by atomic mass is 31.2. The van der Waals surface area contributed by atoms with E-state index in [2.05, 4.69) is 13.8 Å². The van der Waals surface area contributed by atoms with Crippen LogP contribution < -0.4 is 0 Å². The SMILES string of the molecule is COC(=O)/C=C(\C)P(=O)(OC)OC. The summed E-state index contributed by atoms with van der Waals surface area (Å²) in [5.41, 5.74) is 0. The van der Waals surface area contributed by atoms with Gasteiger partial charge in [0.05, 0.1) is 7.11 Å². The summed E-state index contributed by atoms with van der Waals surface area (Å²) < 4.78 is 25.2. The number of methoxy groups -OCH3 is 1. The molecule has 76 valence electrons. The highest BCUT2D eigenvalue weighted by Crippen LogP contribution is 2.54. The van der Waals surface area contributed by atoms with Crippen molar-refractivity contribution >= 4 is 13.6 Å². The number of carbonyl (C=O) groups is 1. The average Bonchev–Trinajstić information content (AvgIpc) is 2.16. The molecule has 0 aromatic carbocycles. The Morgan fingerprint density at radius 2 is 1.69 bits per heavy atom. The molecule has 0 bridgehead atoms. The quantitative estimate of drug-likeness (QED) is 0.398. The van der Waals surface area contributed by atoms with Crippen LogP contribution in [0.4, 0.5) is 0 Å². The second kappa shape index (κ2) is 5.17. The third kappa shape index (κ3) is 3.30. The molecule has 0 N–H and O–H groups in total. The van der Waals surface area contributed by atoms with Crippen LogP contribution in [0.1, 0.15) is 6.92 Å². The van der Waals surface area contributed by atoms with E-state index in [1.54, 1.807) is 0 Å². The van der Waals surface area contributed by atoms with E-state index in [0.717, 1.165) is 6.08 Å². The smallest absolute Gasteiger partial charge is 0.356 e. The molecule has 0 aliphatic carbocycles. The first-order valence-corrected chi connectivity index (χ1v) is 5.02. The summed E-state index contributed by atoms with van der Waals surface area (Å²) in [5, 5.41) is 0.212. The molecule has 0 spiro atoms. The van der Waals surface area contributed by atoms with Crippen LogP contribution in [-0.2, 0) is 23.1 Å². The zero-order valence-electron chi connectivity index (χ0n) is 8.07. The second-order valence-electron chi connectivity index (χ2n) is 2.17. The average molecular weight is 208 g/mol. The lowest BCUT2D eigenvalue weighted by Crippen LogP contribution is -1.98. The molecule has 0 saturated carbocycles. The third-order valence-electron chi connectivity index (χ3n) is 1.44. The number of carbonyl (C=O) groups excluding carboxylic acids is 1. The first-order valence-electron chi connectivity index (χ1n) is 3.48. The highest BCUT2D eigenvalue weighted by Gasteiger charge is 2.24. The van der Waals surface area contributed by atoms with Crippen molar-refractivity contribution in [2.45, 2.75) is 6.92 Å². The standard InChI is InChI=1S/C7H13O5P/c1-6(5-7(8)10-2)13(9,11-3)12-4/h5H,1-4H3/b6-5+. The Balaban J connectivity index is 4.75. The van der Waals surface area contributed by atoms with E-state index in [4.69, 9.17) is 0 Å². The fraction of sp³-hybridized carbons (Fsp3) is 0.571. The lowest BCUT2D eigenvalue weighted by atomic mass is 10.5. The van der Waals surface area contributed by atoms with Gasteiger partial charge in [0.2, 0.25) is 0 Å². The molecule has 0 amide bonds. The Morgan fingerprint density at radius 1 is 1.23 bits per heavy atom. The Morgan fingerprint density at radius 3 is 2.00 bits per heavy atom. The predicted octanol–water partition coefficient (Wildman–Crippen LogP) is 1.55. The maximum atomic E-state index is 11.6. The van der Waals surface area contributed by atoms with E-state index >= 15 is 0 Å². The molecule has 13 heavy (non-hydrogen) atoms. The molecule has 0 saturated heterocycles. The molecule has 0 aliphatic heterocycles. The zero-order valence-corrected chi connectivity index (χ0v) is 8.96. The zero-order chi connectivity index (χ0) is 10.5. The van der Waals surface area contributed by atoms with Gasteiger partial charge in [-0.05, 0) is 6.92 Å². The number of hydrogen-bond acceptors (Lipinski definition) is 5. The van der Waals surface area contributed by atoms with Crippen molar-refractivity contribution in [3.8, 4) is 0 Å². The van der Waals surface area contributed by atoms with Crippen LogP contribution in [0.3, 0.4) is 0 Å². The summed E-state index contributed by atoms with van der Waals surface area (Å²) >= 11 is 0. The molecule has 0 unspecified atom stereocenters. The molecular formula is C7H13O5P. The predicted molar refractivity (Wildman–Crippen MR) is 47.4 cm³/mol. The monoisotopic (exact) mass is 208 g/mol. The van der Waals surface area contributed by atoms with Crippen LogP contribution in [0.5, 0.6) is 0 Å². The van der Waals surface area contributed by atoms with Crippen molar-refractivity contribution in [3.63, 3.8) is 0 Å². The van der Waals surface area contributed by atoms with Gasteiger partial charge in [-0.1, -0.05) is 0 Å². The van der Waals surface area contributed by atoms with Crippen LogP contribution in [0, 0.1) is 0 Å². The lowest BCUT2D eigenvalue weighted by Gasteiger charge is -2.13. The minimum atomic E-state index is -3.28. The van der Waals surface area contributed by atoms with E-state index in [-0.39, 0.29) is 5.31 Å². The molecule has 0 aromatic heterocycles. The molecule has 0 aromatic rings. The number of ether oxygens (including phenoxy) is 1. The minimum Gasteiger partial charge on any atom is -0.466 e. The molecule has 5 nitrogen and oxygen atoms in total. The first kappa shape index (κ1) is 12.4. The van der Waals surface area contributed by atoms with E-state index in [9.17, 15) is 9.36 Å². The molecule has 0 atom stereocenters. The summed E-state index contributed by atoms with van der Waals surface area (Å²) in [6.07, 6.45) is 1.08. The van der Waals surface area contributed by atoms with Gasteiger partial charge in [-0.3, -0.25) is 4.57 Å². The molecule has 0 heterocycles. The van der Waals surface area contributed by atoms with Crippen molar-refractivity contribution in [3.05, 3.63) is 11.4 Å². The van der Waals surface area contributed by atoms with Crippen LogP contribution in [0.15, 0.2) is 11.4 Å². The van der Waals surface area contributed by atoms with E-state index < -0.39 is 13.6 Å². The Kier molecular flexibility index (Phi) is 4.91. The first-order chi connectivity index (χ1) is 6.00. The molecule has 6 heteroatoms. The van der Waals surface area contributed by atoms with E-state index in [0.29, 0.717) is 0 Å². The van der Waals surface area contributed by atoms with Gasteiger partial charge < -0.3 is 13.8 Å². The number of rotatable bonds is 4. The van der Waals surface area contributed by atoms with Crippen LogP contribution in [-0.4, -0.2) is 27.3 Å². The van der Waals surface area contributed by atoms with E-state index in [1.165, 1.54) is 28.3 Å². The molecular weight excluding hydrogens is 195 g/mol. The summed E-state index contributed by atoms with van der Waals surface area (Å²) in [5.74, 6) is -0.591.